The average Bonchev–Trinajstić information content (AvgIpc) is 3.83. The van der Waals surface area contributed by atoms with E-state index in [-0.39, 0.29) is 48.1 Å². The quantitative estimate of drug-likeness (QED) is 0.149. The Kier molecular flexibility index (Phi) is 12.5. The van der Waals surface area contributed by atoms with Gasteiger partial charge in [0.15, 0.2) is 0 Å². The molecule has 9 rings (SSSR count). The maximum Gasteiger partial charge on any atom is 0.135 e. The molecule has 0 saturated heterocycles. The fourth-order valence-electron chi connectivity index (χ4n) is 9.30. The minimum atomic E-state index is -0.288. The van der Waals surface area contributed by atoms with Crippen LogP contribution in [0, 0.1) is 18.8 Å². The van der Waals surface area contributed by atoms with Gasteiger partial charge in [0.25, 0.3) is 0 Å². The van der Waals surface area contributed by atoms with E-state index in [9.17, 15) is 0 Å². The van der Waals surface area contributed by atoms with Crippen LogP contribution in [0.5, 0.6) is 0 Å². The smallest absolute Gasteiger partial charge is 0.135 e. The summed E-state index contributed by atoms with van der Waals surface area (Å²) in [6.07, 6.45) is 1.97. The van der Waals surface area contributed by atoms with E-state index in [4.69, 9.17) is 4.98 Å². The molecule has 3 heterocycles. The van der Waals surface area contributed by atoms with E-state index in [1.165, 1.54) is 38.8 Å². The van der Waals surface area contributed by atoms with Gasteiger partial charge in [-0.3, -0.25) is 0 Å². The van der Waals surface area contributed by atoms with Gasteiger partial charge in [0.1, 0.15) is 5.82 Å². The molecule has 0 saturated carbocycles. The summed E-state index contributed by atoms with van der Waals surface area (Å²) in [7, 11) is 2.11. The molecule has 0 fully saturated rings. The predicted octanol–water partition coefficient (Wildman–Crippen LogP) is 16.5. The summed E-state index contributed by atoms with van der Waals surface area (Å²) in [6.45, 7) is 34.5. The molecule has 0 radical (unpaired) electrons. The first-order valence-electron chi connectivity index (χ1n) is 23.9. The van der Waals surface area contributed by atoms with E-state index in [1.807, 2.05) is 6.20 Å². The number of hydrogen-bond acceptors (Lipinski definition) is 4. The molecule has 0 bridgehead atoms. The van der Waals surface area contributed by atoms with Crippen molar-refractivity contribution in [2.24, 2.45) is 0 Å². The van der Waals surface area contributed by atoms with Gasteiger partial charge in [0.2, 0.25) is 0 Å². The van der Waals surface area contributed by atoms with Crippen molar-refractivity contribution < 1.29 is 21.1 Å². The van der Waals surface area contributed by atoms with Crippen LogP contribution in [0.2, 0.25) is 0 Å². The van der Waals surface area contributed by atoms with E-state index in [0.29, 0.717) is 0 Å². The minimum Gasteiger partial charge on any atom is -0.493 e. The Morgan fingerprint density at radius 3 is 1.62 bits per heavy atom. The molecule has 0 aliphatic carbocycles. The van der Waals surface area contributed by atoms with Crippen LogP contribution in [-0.4, -0.2) is 16.6 Å². The van der Waals surface area contributed by atoms with Crippen LogP contribution in [0.1, 0.15) is 130 Å². The molecule has 0 atom stereocenters. The van der Waals surface area contributed by atoms with Gasteiger partial charge >= 0.3 is 0 Å². The summed E-state index contributed by atoms with van der Waals surface area (Å²) in [5.41, 5.74) is 16.0. The van der Waals surface area contributed by atoms with Crippen LogP contribution in [-0.2, 0) is 48.1 Å². The fraction of sp³-hybridized carbons (Fsp3) is 0.323. The van der Waals surface area contributed by atoms with E-state index in [0.717, 1.165) is 56.4 Å². The molecule has 8 aromatic rings. The third kappa shape index (κ3) is 9.04. The molecule has 6 aromatic carbocycles. The standard InChI is InChI=1S/C62H68N5.Pt/c1-58(2,3)42-31-43(59(4,5)6)34-46(33-42)62(13,14)41-29-30-63-57(37-41)67-53-24-17-16-23-51(53)52-28-27-48(39-56(52)67)64(15)47-21-20-22-49(38-47)65-40-66(55-26-19-18-25-54(55)65)50-35-44(60(7,8)9)32-45(36-50)61(10,11)12;/h16-37,40H,1-15H3;/q-3;. The summed E-state index contributed by atoms with van der Waals surface area (Å²) < 4.78 is 2.29. The molecule has 6 heteroatoms. The van der Waals surface area contributed by atoms with Gasteiger partial charge in [-0.05, 0) is 103 Å². The predicted molar refractivity (Wildman–Crippen MR) is 286 cm³/mol. The number of nitrogens with zero attached hydrogens (tertiary/aromatic N) is 5. The molecule has 0 spiro atoms. The number of aromatic nitrogens is 2. The molecular weight excluding hydrogens is 1010 g/mol. The minimum absolute atomic E-state index is 0. The van der Waals surface area contributed by atoms with Crippen molar-refractivity contribution in [3.63, 3.8) is 0 Å². The van der Waals surface area contributed by atoms with Gasteiger partial charge in [-0.15, -0.1) is 48.1 Å². The molecule has 0 unspecified atom stereocenters. The monoisotopic (exact) mass is 1080 g/mol. The summed E-state index contributed by atoms with van der Waals surface area (Å²) >= 11 is 0. The number of anilines is 6. The summed E-state index contributed by atoms with van der Waals surface area (Å²) in [6, 6.07) is 54.6. The zero-order valence-corrected chi connectivity index (χ0v) is 45.1. The van der Waals surface area contributed by atoms with Crippen LogP contribution >= 0.6 is 0 Å². The zero-order valence-electron chi connectivity index (χ0n) is 42.8. The number of rotatable bonds is 7. The fourth-order valence-corrected chi connectivity index (χ4v) is 9.30. The van der Waals surface area contributed by atoms with Gasteiger partial charge in [-0.25, -0.2) is 4.98 Å². The molecule has 354 valence electrons. The van der Waals surface area contributed by atoms with Gasteiger partial charge in [-0.2, -0.15) is 12.1 Å². The van der Waals surface area contributed by atoms with Crippen molar-refractivity contribution in [3.8, 4) is 5.82 Å². The largest absolute Gasteiger partial charge is 0.493 e. The van der Waals surface area contributed by atoms with Crippen molar-refractivity contribution in [1.82, 2.24) is 9.55 Å². The van der Waals surface area contributed by atoms with E-state index < -0.39 is 0 Å². The molecule has 0 amide bonds. The average molecular weight is 1080 g/mol. The third-order valence-electron chi connectivity index (χ3n) is 14.0. The Morgan fingerprint density at radius 2 is 1.01 bits per heavy atom. The first-order valence-corrected chi connectivity index (χ1v) is 23.9. The number of fused-ring (bicyclic) bond motifs is 4. The second kappa shape index (κ2) is 17.4. The maximum absolute atomic E-state index is 5.08. The normalized spacial score (nSPS) is 13.6. The summed E-state index contributed by atoms with van der Waals surface area (Å²) in [5, 5.41) is 2.31. The van der Waals surface area contributed by atoms with Crippen LogP contribution < -0.4 is 14.7 Å². The Bertz CT molecular complexity index is 3100. The van der Waals surface area contributed by atoms with Crippen LogP contribution in [0.15, 0.2) is 134 Å². The SMILES string of the molecule is CN(c1[c-]c(N2[CH-]N(c3cc(C(C)(C)C)cc(C(C)(C)C)c3)c3ccccc32)ccc1)c1[c-]c2c(cc1)c1ccccc1n2-c1cc(C(C)(C)c2cc(C(C)(C)C)cc(C(C)(C)C)c2)ccn1.[Pt]. The Hall–Kier alpha value is -5.64. The molecule has 0 N–H and O–H groups in total. The van der Waals surface area contributed by atoms with Gasteiger partial charge in [0.05, 0.1) is 0 Å². The van der Waals surface area contributed by atoms with Crippen LogP contribution in [0.3, 0.4) is 0 Å². The van der Waals surface area contributed by atoms with E-state index in [2.05, 4.69) is 269 Å². The number of pyridine rings is 1. The van der Waals surface area contributed by atoms with Gasteiger partial charge in [0, 0.05) is 62.3 Å². The van der Waals surface area contributed by atoms with Gasteiger partial charge in [-0.1, -0.05) is 168 Å². The van der Waals surface area contributed by atoms with Crippen molar-refractivity contribution in [1.29, 1.82) is 0 Å². The third-order valence-corrected chi connectivity index (χ3v) is 14.0. The maximum atomic E-state index is 5.08. The Morgan fingerprint density at radius 1 is 0.485 bits per heavy atom. The topological polar surface area (TPSA) is 27.5 Å². The summed E-state index contributed by atoms with van der Waals surface area (Å²) in [4.78, 5) is 11.9. The Balaban J connectivity index is 0.00000625. The Labute approximate surface area is 421 Å². The van der Waals surface area contributed by atoms with Crippen molar-refractivity contribution in [2.75, 3.05) is 21.7 Å². The van der Waals surface area contributed by atoms with E-state index in [1.54, 1.807) is 0 Å². The molecule has 5 nitrogen and oxygen atoms in total. The second-order valence-electron chi connectivity index (χ2n) is 23.4. The van der Waals surface area contributed by atoms with Gasteiger partial charge < -0.3 is 19.3 Å². The number of benzene rings is 6. The first kappa shape index (κ1) is 48.8. The van der Waals surface area contributed by atoms with Crippen LogP contribution in [0.25, 0.3) is 27.6 Å². The first-order chi connectivity index (χ1) is 31.4. The van der Waals surface area contributed by atoms with Crippen molar-refractivity contribution in [3.05, 3.63) is 186 Å². The van der Waals surface area contributed by atoms with Crippen LogP contribution in [0.4, 0.5) is 34.1 Å². The molecule has 1 aliphatic rings. The molecule has 68 heavy (non-hydrogen) atoms. The second-order valence-corrected chi connectivity index (χ2v) is 23.4. The molecule has 2 aromatic heterocycles. The molecular formula is C62H68N5Pt-3. The molecule has 1 aliphatic heterocycles. The van der Waals surface area contributed by atoms with Crippen molar-refractivity contribution in [2.45, 2.75) is 124 Å². The zero-order chi connectivity index (χ0) is 48.0. The number of para-hydroxylation sites is 3. The number of hydrogen-bond donors (Lipinski definition) is 0. The van der Waals surface area contributed by atoms with Crippen molar-refractivity contribution >= 4 is 55.9 Å². The summed E-state index contributed by atoms with van der Waals surface area (Å²) in [5.74, 6) is 0.875. The van der Waals surface area contributed by atoms with E-state index >= 15 is 0 Å².